The zero-order valence-electron chi connectivity index (χ0n) is 15.0. The molecule has 0 heterocycles. The molecule has 1 fully saturated rings. The second-order valence-electron chi connectivity index (χ2n) is 7.29. The Bertz CT molecular complexity index is 842. The van der Waals surface area contributed by atoms with Gasteiger partial charge < -0.3 is 4.74 Å². The zero-order chi connectivity index (χ0) is 18.8. The van der Waals surface area contributed by atoms with E-state index in [0.717, 1.165) is 18.4 Å². The maximum absolute atomic E-state index is 13.1. The van der Waals surface area contributed by atoms with Crippen molar-refractivity contribution in [2.75, 3.05) is 13.2 Å². The minimum Gasteiger partial charge on any atom is -0.493 e. The first kappa shape index (κ1) is 18.9. The van der Waals surface area contributed by atoms with Gasteiger partial charge in [0.2, 0.25) is 10.0 Å². The van der Waals surface area contributed by atoms with Gasteiger partial charge in [-0.3, -0.25) is 0 Å². The predicted molar refractivity (Wildman–Crippen MR) is 99.3 cm³/mol. The quantitative estimate of drug-likeness (QED) is 0.760. The number of hydrogen-bond donors (Lipinski definition) is 1. The molecule has 1 N–H and O–H groups in total. The molecule has 3 rings (SSSR count). The van der Waals surface area contributed by atoms with Crippen LogP contribution in [-0.4, -0.2) is 21.6 Å². The average Bonchev–Trinajstić information content (AvgIpc) is 3.40. The molecule has 0 unspecified atom stereocenters. The van der Waals surface area contributed by atoms with Crippen molar-refractivity contribution in [2.24, 2.45) is 5.92 Å². The van der Waals surface area contributed by atoms with Gasteiger partial charge in [-0.25, -0.2) is 17.5 Å². The molecule has 0 aromatic heterocycles. The summed E-state index contributed by atoms with van der Waals surface area (Å²) in [7, 11) is -3.60. The molecule has 0 radical (unpaired) electrons. The fourth-order valence-corrected chi connectivity index (χ4v) is 3.94. The normalized spacial score (nSPS) is 15.8. The maximum atomic E-state index is 13.1. The van der Waals surface area contributed by atoms with Crippen molar-refractivity contribution in [3.8, 4) is 5.75 Å². The van der Waals surface area contributed by atoms with E-state index in [9.17, 15) is 12.8 Å². The van der Waals surface area contributed by atoms with Crippen molar-refractivity contribution in [1.82, 2.24) is 4.72 Å². The lowest BCUT2D eigenvalue weighted by Crippen LogP contribution is -2.32. The molecule has 0 bridgehead atoms. The van der Waals surface area contributed by atoms with E-state index in [1.54, 1.807) is 36.4 Å². The van der Waals surface area contributed by atoms with Crippen LogP contribution in [0.1, 0.15) is 32.3 Å². The van der Waals surface area contributed by atoms with Crippen LogP contribution in [0.5, 0.6) is 5.75 Å². The summed E-state index contributed by atoms with van der Waals surface area (Å²) in [5, 5.41) is 0. The third-order valence-corrected chi connectivity index (χ3v) is 6.05. The van der Waals surface area contributed by atoms with Gasteiger partial charge in [0.1, 0.15) is 11.6 Å². The van der Waals surface area contributed by atoms with E-state index in [2.05, 4.69) is 18.6 Å². The molecule has 0 aliphatic heterocycles. The van der Waals surface area contributed by atoms with Crippen LogP contribution >= 0.6 is 0 Å². The van der Waals surface area contributed by atoms with Gasteiger partial charge in [0, 0.05) is 12.0 Å². The van der Waals surface area contributed by atoms with Crippen molar-refractivity contribution in [3.63, 3.8) is 0 Å². The number of rotatable bonds is 8. The van der Waals surface area contributed by atoms with Crippen LogP contribution in [-0.2, 0) is 15.4 Å². The van der Waals surface area contributed by atoms with Crippen LogP contribution in [0.15, 0.2) is 53.4 Å². The number of hydrogen-bond acceptors (Lipinski definition) is 3. The van der Waals surface area contributed by atoms with Gasteiger partial charge in [0.05, 0.1) is 11.5 Å². The molecule has 2 aromatic carbocycles. The maximum Gasteiger partial charge on any atom is 0.240 e. The van der Waals surface area contributed by atoms with Crippen LogP contribution in [0.25, 0.3) is 0 Å². The highest BCUT2D eigenvalue weighted by Gasteiger charge is 2.44. The first-order valence-electron chi connectivity index (χ1n) is 8.79. The molecule has 0 atom stereocenters. The molecule has 1 saturated carbocycles. The third-order valence-electron chi connectivity index (χ3n) is 4.63. The fraction of sp³-hybridized carbons (Fsp3) is 0.400. The summed E-state index contributed by atoms with van der Waals surface area (Å²) in [5.41, 5.74) is 0.750. The second-order valence-corrected chi connectivity index (χ2v) is 9.05. The lowest BCUT2D eigenvalue weighted by atomic mass is 9.96. The Balaban J connectivity index is 1.64. The van der Waals surface area contributed by atoms with Gasteiger partial charge in [-0.15, -0.1) is 0 Å². The number of benzene rings is 2. The molecule has 140 valence electrons. The minimum atomic E-state index is -3.60. The van der Waals surface area contributed by atoms with E-state index in [4.69, 9.17) is 4.74 Å². The van der Waals surface area contributed by atoms with Gasteiger partial charge in [0.25, 0.3) is 0 Å². The standard InChI is InChI=1S/C20H24FNO3S/c1-15(2)13-25-18-7-9-19(10-8-18)26(23,24)22-14-20(11-12-20)16-3-5-17(21)6-4-16/h3-10,15,22H,11-14H2,1-2H3. The summed E-state index contributed by atoms with van der Waals surface area (Å²) < 4.78 is 46.5. The van der Waals surface area contributed by atoms with E-state index < -0.39 is 10.0 Å². The molecule has 2 aromatic rings. The van der Waals surface area contributed by atoms with Gasteiger partial charge >= 0.3 is 0 Å². The molecule has 0 amide bonds. The molecule has 4 nitrogen and oxygen atoms in total. The first-order valence-corrected chi connectivity index (χ1v) is 10.3. The third kappa shape index (κ3) is 4.43. The van der Waals surface area contributed by atoms with Gasteiger partial charge in [-0.05, 0) is 60.7 Å². The first-order chi connectivity index (χ1) is 12.3. The Kier molecular flexibility index (Phi) is 5.34. The highest BCUT2D eigenvalue weighted by atomic mass is 32.2. The van der Waals surface area contributed by atoms with Crippen molar-refractivity contribution < 1.29 is 17.5 Å². The van der Waals surface area contributed by atoms with Crippen molar-refractivity contribution in [3.05, 3.63) is 59.9 Å². The van der Waals surface area contributed by atoms with Crippen molar-refractivity contribution >= 4 is 10.0 Å². The van der Waals surface area contributed by atoms with Crippen molar-refractivity contribution in [2.45, 2.75) is 37.0 Å². The molecular formula is C20H24FNO3S. The molecule has 26 heavy (non-hydrogen) atoms. The van der Waals surface area contributed by atoms with E-state index in [0.29, 0.717) is 24.8 Å². The Hall–Kier alpha value is -1.92. The summed E-state index contributed by atoms with van der Waals surface area (Å²) in [4.78, 5) is 0.212. The largest absolute Gasteiger partial charge is 0.493 e. The topological polar surface area (TPSA) is 55.4 Å². The van der Waals surface area contributed by atoms with E-state index in [-0.39, 0.29) is 16.1 Å². The lowest BCUT2D eigenvalue weighted by Gasteiger charge is -2.17. The lowest BCUT2D eigenvalue weighted by molar-refractivity contribution is 0.271. The molecule has 6 heteroatoms. The Morgan fingerprint density at radius 1 is 1.08 bits per heavy atom. The van der Waals surface area contributed by atoms with Crippen LogP contribution < -0.4 is 9.46 Å². The highest BCUT2D eigenvalue weighted by molar-refractivity contribution is 7.89. The summed E-state index contributed by atoms with van der Waals surface area (Å²) in [6.45, 7) is 5.01. The Labute approximate surface area is 154 Å². The van der Waals surface area contributed by atoms with E-state index in [1.165, 1.54) is 12.1 Å². The summed E-state index contributed by atoms with van der Waals surface area (Å²) in [6, 6.07) is 12.7. The van der Waals surface area contributed by atoms with Gasteiger partial charge in [-0.1, -0.05) is 26.0 Å². The van der Waals surface area contributed by atoms with Crippen LogP contribution in [0.2, 0.25) is 0 Å². The van der Waals surface area contributed by atoms with E-state index >= 15 is 0 Å². The SMILES string of the molecule is CC(C)COc1ccc(S(=O)(=O)NCC2(c3ccc(F)cc3)CC2)cc1. The van der Waals surface area contributed by atoms with Crippen LogP contribution in [0.3, 0.4) is 0 Å². The van der Waals surface area contributed by atoms with Crippen LogP contribution in [0, 0.1) is 11.7 Å². The molecular weight excluding hydrogens is 353 g/mol. The molecule has 1 aliphatic rings. The summed E-state index contributed by atoms with van der Waals surface area (Å²) in [5.74, 6) is 0.772. The summed E-state index contributed by atoms with van der Waals surface area (Å²) in [6.07, 6.45) is 1.78. The highest BCUT2D eigenvalue weighted by Crippen LogP contribution is 2.47. The minimum absolute atomic E-state index is 0.212. The predicted octanol–water partition coefficient (Wildman–Crippen LogP) is 3.87. The number of halogens is 1. The number of sulfonamides is 1. The van der Waals surface area contributed by atoms with Crippen molar-refractivity contribution in [1.29, 1.82) is 0 Å². The van der Waals surface area contributed by atoms with Crippen LogP contribution in [0.4, 0.5) is 4.39 Å². The average molecular weight is 377 g/mol. The second kappa shape index (κ2) is 7.37. The number of nitrogens with one attached hydrogen (secondary N) is 1. The Morgan fingerprint density at radius 3 is 2.23 bits per heavy atom. The fourth-order valence-electron chi connectivity index (χ4n) is 2.82. The van der Waals surface area contributed by atoms with E-state index in [1.807, 2.05) is 0 Å². The van der Waals surface area contributed by atoms with Gasteiger partial charge in [0.15, 0.2) is 0 Å². The Morgan fingerprint density at radius 2 is 1.69 bits per heavy atom. The molecule has 0 spiro atoms. The zero-order valence-corrected chi connectivity index (χ0v) is 15.9. The molecule has 1 aliphatic carbocycles. The monoisotopic (exact) mass is 377 g/mol. The summed E-state index contributed by atoms with van der Waals surface area (Å²) >= 11 is 0. The molecule has 0 saturated heterocycles. The smallest absolute Gasteiger partial charge is 0.240 e. The number of ether oxygens (including phenoxy) is 1. The van der Waals surface area contributed by atoms with Gasteiger partial charge in [-0.2, -0.15) is 0 Å².